The molecule has 4 aliphatic rings. The number of hydrogen-bond donors (Lipinski definition) is 1. The number of fused-ring (bicyclic) bond motifs is 3. The van der Waals surface area contributed by atoms with E-state index in [1.165, 1.54) is 25.8 Å². The van der Waals surface area contributed by atoms with Crippen LogP contribution in [0.5, 0.6) is 0 Å². The Kier molecular flexibility index (Phi) is 4.30. The van der Waals surface area contributed by atoms with Gasteiger partial charge in [-0.25, -0.2) is 0 Å². The summed E-state index contributed by atoms with van der Waals surface area (Å²) in [5, 5.41) is 0. The first-order valence-corrected chi connectivity index (χ1v) is 10.4. The van der Waals surface area contributed by atoms with Gasteiger partial charge in [-0.2, -0.15) is 0 Å². The van der Waals surface area contributed by atoms with E-state index < -0.39 is 0 Å². The van der Waals surface area contributed by atoms with Crippen molar-refractivity contribution in [3.8, 4) is 0 Å². The van der Waals surface area contributed by atoms with Crippen LogP contribution < -0.4 is 5.73 Å². The smallest absolute Gasteiger partial charge is 0.248 e. The largest absolute Gasteiger partial charge is 0.381 e. The maximum Gasteiger partial charge on any atom is 0.248 e. The number of hydrogen-bond acceptors (Lipinski definition) is 4. The molecule has 4 fully saturated rings. The average molecular weight is 370 g/mol. The van der Waals surface area contributed by atoms with Gasteiger partial charge in [-0.3, -0.25) is 4.79 Å². The highest BCUT2D eigenvalue weighted by atomic mass is 16.5. The van der Waals surface area contributed by atoms with Crippen LogP contribution in [-0.2, 0) is 15.1 Å². The van der Waals surface area contributed by atoms with Crippen molar-refractivity contribution >= 4 is 5.91 Å². The molecule has 2 aliphatic heterocycles. The summed E-state index contributed by atoms with van der Waals surface area (Å²) in [6.07, 6.45) is 3.64. The summed E-state index contributed by atoms with van der Waals surface area (Å²) in [6.45, 7) is 5.33. The number of carbonyl (C=O) groups excluding carboxylic acids is 1. The number of carbonyl (C=O) groups is 1. The Labute approximate surface area is 161 Å². The van der Waals surface area contributed by atoms with Gasteiger partial charge in [0.05, 0.1) is 13.2 Å². The van der Waals surface area contributed by atoms with Crippen molar-refractivity contribution in [2.45, 2.75) is 24.9 Å². The summed E-state index contributed by atoms with van der Waals surface area (Å²) < 4.78 is 11.9. The van der Waals surface area contributed by atoms with Crippen LogP contribution in [0, 0.1) is 29.6 Å². The van der Waals surface area contributed by atoms with Gasteiger partial charge in [-0.05, 0) is 48.3 Å². The molecule has 5 rings (SSSR count). The molecule has 0 spiro atoms. The fraction of sp³-hybridized carbons (Fsp3) is 0.682. The fourth-order valence-corrected chi connectivity index (χ4v) is 6.44. The lowest BCUT2D eigenvalue weighted by Crippen LogP contribution is -2.59. The summed E-state index contributed by atoms with van der Waals surface area (Å²) >= 11 is 0. The highest BCUT2D eigenvalue weighted by molar-refractivity contribution is 5.92. The highest BCUT2D eigenvalue weighted by Gasteiger charge is 2.57. The van der Waals surface area contributed by atoms with E-state index in [0.29, 0.717) is 17.4 Å². The van der Waals surface area contributed by atoms with Gasteiger partial charge in [0.2, 0.25) is 5.91 Å². The van der Waals surface area contributed by atoms with Gasteiger partial charge in [0.1, 0.15) is 5.60 Å². The standard InChI is InChI=1S/C22H30N2O3/c1-26-22(15-5-2-4-14(8-15)21(23)25)16-6-3-7-17(22)10-24(9-16)11-18-19-12-27-13-20(18)19/h2,4-5,8,16-20H,3,6-7,9-13H2,1H3,(H2,23,25)/t16?,17?,18?,19-,20+,22?. The number of rotatable bonds is 5. The van der Waals surface area contributed by atoms with Crippen molar-refractivity contribution in [3.63, 3.8) is 0 Å². The minimum Gasteiger partial charge on any atom is -0.381 e. The lowest BCUT2D eigenvalue weighted by molar-refractivity contribution is -0.169. The molecule has 5 atom stereocenters. The summed E-state index contributed by atoms with van der Waals surface area (Å²) in [7, 11) is 1.85. The van der Waals surface area contributed by atoms with Gasteiger partial charge >= 0.3 is 0 Å². The molecule has 1 aromatic carbocycles. The number of likely N-dealkylation sites (tertiary alicyclic amines) is 1. The number of primary amides is 1. The predicted molar refractivity (Wildman–Crippen MR) is 102 cm³/mol. The molecule has 2 saturated carbocycles. The van der Waals surface area contributed by atoms with Crippen molar-refractivity contribution in [2.75, 3.05) is 40.0 Å². The normalized spacial score (nSPS) is 40.6. The van der Waals surface area contributed by atoms with Crippen LogP contribution in [-0.4, -0.2) is 50.8 Å². The fourth-order valence-electron chi connectivity index (χ4n) is 6.44. The van der Waals surface area contributed by atoms with E-state index in [-0.39, 0.29) is 11.5 Å². The van der Waals surface area contributed by atoms with Crippen molar-refractivity contribution in [3.05, 3.63) is 35.4 Å². The lowest BCUT2D eigenvalue weighted by atomic mass is 9.62. The third-order valence-electron chi connectivity index (χ3n) is 7.81. The number of nitrogens with zero attached hydrogens (tertiary/aromatic N) is 1. The summed E-state index contributed by atoms with van der Waals surface area (Å²) in [4.78, 5) is 14.4. The van der Waals surface area contributed by atoms with Crippen LogP contribution in [0.3, 0.4) is 0 Å². The van der Waals surface area contributed by atoms with E-state index in [1.54, 1.807) is 6.07 Å². The molecule has 2 heterocycles. The second-order valence-corrected chi connectivity index (χ2v) is 9.01. The maximum atomic E-state index is 11.7. The zero-order valence-corrected chi connectivity index (χ0v) is 16.1. The van der Waals surface area contributed by atoms with Crippen molar-refractivity contribution in [2.24, 2.45) is 35.3 Å². The molecule has 0 aromatic heterocycles. The van der Waals surface area contributed by atoms with Gasteiger partial charge < -0.3 is 20.1 Å². The van der Waals surface area contributed by atoms with Crippen LogP contribution in [0.4, 0.5) is 0 Å². The van der Waals surface area contributed by atoms with Crippen molar-refractivity contribution in [1.82, 2.24) is 4.90 Å². The monoisotopic (exact) mass is 370 g/mol. The number of nitrogens with two attached hydrogens (primary N) is 1. The minimum absolute atomic E-state index is 0.289. The molecule has 0 radical (unpaired) electrons. The third kappa shape index (κ3) is 2.74. The molecular formula is C22H30N2O3. The number of piperidine rings is 1. The SMILES string of the molecule is COC1(c2cccc(C(N)=O)c2)C2CCCC1CN(CC1[C@H]3COC[C@@H]13)C2. The van der Waals surface area contributed by atoms with Crippen LogP contribution in [0.25, 0.3) is 0 Å². The van der Waals surface area contributed by atoms with Crippen LogP contribution >= 0.6 is 0 Å². The number of methoxy groups -OCH3 is 1. The Hall–Kier alpha value is -1.43. The number of benzene rings is 1. The van der Waals surface area contributed by atoms with Gasteiger partial charge in [-0.15, -0.1) is 0 Å². The molecule has 2 saturated heterocycles. The Morgan fingerprint density at radius 2 is 1.96 bits per heavy atom. The number of amides is 1. The summed E-state index contributed by atoms with van der Waals surface area (Å²) in [5.41, 5.74) is 6.96. The first-order valence-electron chi connectivity index (χ1n) is 10.4. The summed E-state index contributed by atoms with van der Waals surface area (Å²) in [5.74, 6) is 3.03. The first kappa shape index (κ1) is 17.7. The van der Waals surface area contributed by atoms with E-state index in [9.17, 15) is 4.79 Å². The Morgan fingerprint density at radius 1 is 1.26 bits per heavy atom. The topological polar surface area (TPSA) is 64.8 Å². The van der Waals surface area contributed by atoms with Crippen LogP contribution in [0.2, 0.25) is 0 Å². The van der Waals surface area contributed by atoms with E-state index in [2.05, 4.69) is 11.0 Å². The third-order valence-corrected chi connectivity index (χ3v) is 7.81. The minimum atomic E-state index is -0.367. The molecule has 5 nitrogen and oxygen atoms in total. The number of ether oxygens (including phenoxy) is 2. The molecule has 1 aromatic rings. The van der Waals surface area contributed by atoms with E-state index in [0.717, 1.165) is 49.6 Å². The Bertz CT molecular complexity index is 712. The second-order valence-electron chi connectivity index (χ2n) is 9.01. The molecule has 27 heavy (non-hydrogen) atoms. The maximum absolute atomic E-state index is 11.7. The zero-order valence-electron chi connectivity index (χ0n) is 16.1. The van der Waals surface area contributed by atoms with Gasteiger partial charge in [0.25, 0.3) is 0 Å². The molecule has 2 bridgehead atoms. The molecule has 146 valence electrons. The van der Waals surface area contributed by atoms with Gasteiger partial charge in [-0.1, -0.05) is 18.6 Å². The average Bonchev–Trinajstić information content (AvgIpc) is 3.08. The molecule has 2 aliphatic carbocycles. The van der Waals surface area contributed by atoms with E-state index in [1.807, 2.05) is 19.2 Å². The first-order chi connectivity index (χ1) is 13.1. The zero-order chi connectivity index (χ0) is 18.6. The quantitative estimate of drug-likeness (QED) is 0.863. The van der Waals surface area contributed by atoms with E-state index in [4.69, 9.17) is 15.2 Å². The predicted octanol–water partition coefficient (Wildman–Crippen LogP) is 2.25. The van der Waals surface area contributed by atoms with Crippen LogP contribution in [0.15, 0.2) is 24.3 Å². The molecular weight excluding hydrogens is 340 g/mol. The van der Waals surface area contributed by atoms with Crippen molar-refractivity contribution in [1.29, 1.82) is 0 Å². The van der Waals surface area contributed by atoms with Crippen LogP contribution in [0.1, 0.15) is 35.2 Å². The molecule has 2 N–H and O–H groups in total. The lowest BCUT2D eigenvalue weighted by Gasteiger charge is -2.55. The summed E-state index contributed by atoms with van der Waals surface area (Å²) in [6, 6.07) is 7.84. The Balaban J connectivity index is 1.40. The molecule has 1 amide bonds. The highest BCUT2D eigenvalue weighted by Crippen LogP contribution is 2.54. The van der Waals surface area contributed by atoms with Gasteiger partial charge in [0.15, 0.2) is 0 Å². The second kappa shape index (κ2) is 6.57. The van der Waals surface area contributed by atoms with Crippen molar-refractivity contribution < 1.29 is 14.3 Å². The van der Waals surface area contributed by atoms with Gasteiger partial charge in [0, 0.05) is 44.1 Å². The van der Waals surface area contributed by atoms with E-state index >= 15 is 0 Å². The molecule has 3 unspecified atom stereocenters. The molecule has 5 heteroatoms. The Morgan fingerprint density at radius 3 is 2.59 bits per heavy atom.